The largest absolute Gasteiger partial charge is 0.380 e. The molecule has 1 fully saturated rings. The Bertz CT molecular complexity index is 302. The number of amides is 1. The van der Waals surface area contributed by atoms with E-state index in [1.54, 1.807) is 12.4 Å². The molecular weight excluding hydrogens is 178 g/mol. The summed E-state index contributed by atoms with van der Waals surface area (Å²) in [5.41, 5.74) is 1.06. The van der Waals surface area contributed by atoms with Gasteiger partial charge < -0.3 is 10.6 Å². The van der Waals surface area contributed by atoms with Crippen LogP contribution in [-0.2, 0) is 4.79 Å². The Hall–Kier alpha value is -1.58. The third-order valence-corrected chi connectivity index (χ3v) is 2.32. The normalized spacial score (nSPS) is 21.4. The van der Waals surface area contributed by atoms with Gasteiger partial charge in [-0.05, 0) is 18.6 Å². The minimum absolute atomic E-state index is 0.151. The molecule has 0 bridgehead atoms. The topological polar surface area (TPSA) is 54.0 Å². The van der Waals surface area contributed by atoms with Gasteiger partial charge in [-0.2, -0.15) is 0 Å². The summed E-state index contributed by atoms with van der Waals surface area (Å²) in [6.07, 6.45) is 5.02. The molecule has 74 valence electrons. The summed E-state index contributed by atoms with van der Waals surface area (Å²) in [6.45, 7) is 0.709. The first-order valence-electron chi connectivity index (χ1n) is 4.78. The first-order valence-corrected chi connectivity index (χ1v) is 4.78. The number of nitrogens with zero attached hydrogens (tertiary/aromatic N) is 1. The van der Waals surface area contributed by atoms with E-state index in [2.05, 4.69) is 15.6 Å². The fourth-order valence-corrected chi connectivity index (χ4v) is 1.54. The van der Waals surface area contributed by atoms with Gasteiger partial charge in [-0.25, -0.2) is 0 Å². The van der Waals surface area contributed by atoms with Gasteiger partial charge in [0.15, 0.2) is 0 Å². The molecule has 1 aliphatic rings. The van der Waals surface area contributed by atoms with E-state index in [1.807, 2.05) is 12.1 Å². The molecule has 4 heteroatoms. The van der Waals surface area contributed by atoms with Crippen molar-refractivity contribution in [3.05, 3.63) is 24.5 Å². The van der Waals surface area contributed by atoms with E-state index in [0.29, 0.717) is 19.0 Å². The number of pyridine rings is 1. The van der Waals surface area contributed by atoms with Crippen molar-refractivity contribution in [2.75, 3.05) is 11.9 Å². The van der Waals surface area contributed by atoms with Crippen LogP contribution in [-0.4, -0.2) is 23.5 Å². The number of rotatable bonds is 2. The molecular formula is C10H13N3O. The van der Waals surface area contributed by atoms with Gasteiger partial charge in [0.25, 0.3) is 0 Å². The molecule has 1 aliphatic heterocycles. The number of aromatic nitrogens is 1. The smallest absolute Gasteiger partial charge is 0.220 e. The lowest BCUT2D eigenvalue weighted by Gasteiger charge is -2.24. The summed E-state index contributed by atoms with van der Waals surface area (Å²) in [5, 5.41) is 6.18. The molecule has 0 radical (unpaired) electrons. The van der Waals surface area contributed by atoms with Crippen LogP contribution in [0.1, 0.15) is 12.8 Å². The number of carbonyl (C=O) groups is 1. The average molecular weight is 191 g/mol. The van der Waals surface area contributed by atoms with Crippen LogP contribution in [0.15, 0.2) is 24.5 Å². The standard InChI is InChI=1S/C10H13N3O/c14-10-2-1-9(7-12-10)13-8-3-5-11-6-4-8/h3-6,9H,1-2,7H2,(H,11,13)(H,12,14). The van der Waals surface area contributed by atoms with Crippen molar-refractivity contribution >= 4 is 11.6 Å². The molecule has 0 saturated carbocycles. The van der Waals surface area contributed by atoms with Gasteiger partial charge in [0.05, 0.1) is 0 Å². The number of hydrogen-bond donors (Lipinski definition) is 2. The molecule has 0 spiro atoms. The monoisotopic (exact) mass is 191 g/mol. The predicted octanol–water partition coefficient (Wildman–Crippen LogP) is 0.772. The van der Waals surface area contributed by atoms with Crippen molar-refractivity contribution in [3.63, 3.8) is 0 Å². The molecule has 1 aromatic heterocycles. The van der Waals surface area contributed by atoms with Gasteiger partial charge in [-0.3, -0.25) is 9.78 Å². The van der Waals surface area contributed by atoms with Crippen LogP contribution in [0.3, 0.4) is 0 Å². The summed E-state index contributed by atoms with van der Waals surface area (Å²) in [5.74, 6) is 0.151. The zero-order valence-corrected chi connectivity index (χ0v) is 7.86. The molecule has 2 heterocycles. The zero-order chi connectivity index (χ0) is 9.80. The molecule has 1 unspecified atom stereocenters. The fraction of sp³-hybridized carbons (Fsp3) is 0.400. The number of anilines is 1. The predicted molar refractivity (Wildman–Crippen MR) is 53.9 cm³/mol. The number of nitrogens with one attached hydrogen (secondary N) is 2. The third kappa shape index (κ3) is 2.22. The maximum atomic E-state index is 10.9. The first kappa shape index (κ1) is 8.99. The third-order valence-electron chi connectivity index (χ3n) is 2.32. The summed E-state index contributed by atoms with van der Waals surface area (Å²) < 4.78 is 0. The highest BCUT2D eigenvalue weighted by Crippen LogP contribution is 2.11. The van der Waals surface area contributed by atoms with Crippen molar-refractivity contribution in [2.24, 2.45) is 0 Å². The fourth-order valence-electron chi connectivity index (χ4n) is 1.54. The maximum absolute atomic E-state index is 10.9. The van der Waals surface area contributed by atoms with Crippen LogP contribution >= 0.6 is 0 Å². The molecule has 1 saturated heterocycles. The van der Waals surface area contributed by atoms with Crippen LogP contribution in [0.4, 0.5) is 5.69 Å². The van der Waals surface area contributed by atoms with Crippen LogP contribution < -0.4 is 10.6 Å². The lowest BCUT2D eigenvalue weighted by atomic mass is 10.1. The molecule has 2 rings (SSSR count). The van der Waals surface area contributed by atoms with Crippen LogP contribution in [0, 0.1) is 0 Å². The quantitative estimate of drug-likeness (QED) is 0.726. The Morgan fingerprint density at radius 2 is 2.21 bits per heavy atom. The van der Waals surface area contributed by atoms with Gasteiger partial charge >= 0.3 is 0 Å². The summed E-state index contributed by atoms with van der Waals surface area (Å²) in [7, 11) is 0. The van der Waals surface area contributed by atoms with Crippen molar-refractivity contribution in [1.82, 2.24) is 10.3 Å². The van der Waals surface area contributed by atoms with Gasteiger partial charge in [-0.15, -0.1) is 0 Å². The lowest BCUT2D eigenvalue weighted by molar-refractivity contribution is -0.122. The van der Waals surface area contributed by atoms with Gasteiger partial charge in [0, 0.05) is 37.1 Å². The first-order chi connectivity index (χ1) is 6.84. The highest BCUT2D eigenvalue weighted by molar-refractivity contribution is 5.77. The summed E-state index contributed by atoms with van der Waals surface area (Å²) >= 11 is 0. The average Bonchev–Trinajstić information content (AvgIpc) is 2.23. The SMILES string of the molecule is O=C1CCC(Nc2ccncc2)CN1. The number of piperidine rings is 1. The molecule has 1 amide bonds. The Labute approximate surface area is 82.7 Å². The van der Waals surface area contributed by atoms with Crippen LogP contribution in [0.25, 0.3) is 0 Å². The second-order valence-electron chi connectivity index (χ2n) is 3.42. The Morgan fingerprint density at radius 1 is 1.43 bits per heavy atom. The summed E-state index contributed by atoms with van der Waals surface area (Å²) in [6, 6.07) is 4.20. The molecule has 4 nitrogen and oxygen atoms in total. The molecule has 14 heavy (non-hydrogen) atoms. The Balaban J connectivity index is 1.89. The zero-order valence-electron chi connectivity index (χ0n) is 7.86. The van der Waals surface area contributed by atoms with E-state index in [1.165, 1.54) is 0 Å². The van der Waals surface area contributed by atoms with E-state index >= 15 is 0 Å². The molecule has 1 aromatic rings. The van der Waals surface area contributed by atoms with Crippen LogP contribution in [0.2, 0.25) is 0 Å². The highest BCUT2D eigenvalue weighted by atomic mass is 16.1. The maximum Gasteiger partial charge on any atom is 0.220 e. The van der Waals surface area contributed by atoms with Crippen molar-refractivity contribution in [3.8, 4) is 0 Å². The molecule has 0 aromatic carbocycles. The minimum atomic E-state index is 0.151. The number of hydrogen-bond acceptors (Lipinski definition) is 3. The van der Waals surface area contributed by atoms with E-state index in [0.717, 1.165) is 12.1 Å². The van der Waals surface area contributed by atoms with Crippen molar-refractivity contribution in [1.29, 1.82) is 0 Å². The van der Waals surface area contributed by atoms with Crippen molar-refractivity contribution in [2.45, 2.75) is 18.9 Å². The molecule has 2 N–H and O–H groups in total. The van der Waals surface area contributed by atoms with Gasteiger partial charge in [-0.1, -0.05) is 0 Å². The minimum Gasteiger partial charge on any atom is -0.380 e. The highest BCUT2D eigenvalue weighted by Gasteiger charge is 2.17. The van der Waals surface area contributed by atoms with Crippen molar-refractivity contribution < 1.29 is 4.79 Å². The van der Waals surface area contributed by atoms with Gasteiger partial charge in [0.2, 0.25) is 5.91 Å². The lowest BCUT2D eigenvalue weighted by Crippen LogP contribution is -2.41. The Kier molecular flexibility index (Phi) is 2.62. The van der Waals surface area contributed by atoms with Crippen LogP contribution in [0.5, 0.6) is 0 Å². The number of carbonyl (C=O) groups excluding carboxylic acids is 1. The van der Waals surface area contributed by atoms with E-state index in [-0.39, 0.29) is 5.91 Å². The second kappa shape index (κ2) is 4.09. The van der Waals surface area contributed by atoms with E-state index in [9.17, 15) is 4.79 Å². The van der Waals surface area contributed by atoms with E-state index < -0.39 is 0 Å². The van der Waals surface area contributed by atoms with E-state index in [4.69, 9.17) is 0 Å². The summed E-state index contributed by atoms with van der Waals surface area (Å²) in [4.78, 5) is 14.9. The molecule has 1 atom stereocenters. The second-order valence-corrected chi connectivity index (χ2v) is 3.42. The molecule has 0 aliphatic carbocycles. The Morgan fingerprint density at radius 3 is 2.86 bits per heavy atom. The van der Waals surface area contributed by atoms with Gasteiger partial charge in [0.1, 0.15) is 0 Å².